The van der Waals surface area contributed by atoms with Gasteiger partial charge in [0.1, 0.15) is 0 Å². The van der Waals surface area contributed by atoms with Crippen LogP contribution in [0.25, 0.3) is 0 Å². The fraction of sp³-hybridized carbons (Fsp3) is 0.562. The van der Waals surface area contributed by atoms with Crippen molar-refractivity contribution >= 4 is 5.78 Å². The van der Waals surface area contributed by atoms with Gasteiger partial charge in [-0.1, -0.05) is 52.0 Å². The highest BCUT2D eigenvalue weighted by Crippen LogP contribution is 2.22. The van der Waals surface area contributed by atoms with Crippen LogP contribution in [0.3, 0.4) is 0 Å². The van der Waals surface area contributed by atoms with Crippen LogP contribution < -0.4 is 5.73 Å². The van der Waals surface area contributed by atoms with Crippen LogP contribution in [0.1, 0.15) is 52.2 Å². The van der Waals surface area contributed by atoms with Crippen molar-refractivity contribution in [2.75, 3.05) is 0 Å². The Morgan fingerprint density at radius 3 is 2.00 bits per heavy atom. The molecule has 2 heteroatoms. The molecule has 1 rings (SSSR count). The molecule has 0 aromatic heterocycles. The average molecular weight is 247 g/mol. The Kier molecular flexibility index (Phi) is 4.33. The maximum atomic E-state index is 12.0. The third-order valence-electron chi connectivity index (χ3n) is 3.56. The molecule has 0 aliphatic heterocycles. The van der Waals surface area contributed by atoms with Crippen LogP contribution in [0, 0.1) is 0 Å². The second-order valence-corrected chi connectivity index (χ2v) is 6.32. The minimum absolute atomic E-state index is 0.105. The summed E-state index contributed by atoms with van der Waals surface area (Å²) >= 11 is 0. The molecule has 0 heterocycles. The first kappa shape index (κ1) is 14.9. The van der Waals surface area contributed by atoms with Gasteiger partial charge in [0, 0.05) is 6.42 Å². The van der Waals surface area contributed by atoms with E-state index in [1.54, 1.807) is 6.92 Å². The summed E-state index contributed by atoms with van der Waals surface area (Å²) in [6.45, 7) is 10.3. The van der Waals surface area contributed by atoms with Gasteiger partial charge in [-0.05, 0) is 29.9 Å². The monoisotopic (exact) mass is 247 g/mol. The molecule has 2 nitrogen and oxygen atoms in total. The molecule has 0 fully saturated rings. The number of carbonyl (C=O) groups is 1. The van der Waals surface area contributed by atoms with Crippen molar-refractivity contribution < 1.29 is 4.79 Å². The maximum Gasteiger partial charge on any atom is 0.156 e. The van der Waals surface area contributed by atoms with Crippen LogP contribution in [-0.2, 0) is 16.6 Å². The van der Waals surface area contributed by atoms with Gasteiger partial charge in [-0.3, -0.25) is 4.79 Å². The molecule has 1 atom stereocenters. The van der Waals surface area contributed by atoms with E-state index >= 15 is 0 Å². The van der Waals surface area contributed by atoms with Crippen molar-refractivity contribution in [1.82, 2.24) is 0 Å². The fourth-order valence-corrected chi connectivity index (χ4v) is 1.71. The Labute approximate surface area is 111 Å². The van der Waals surface area contributed by atoms with Gasteiger partial charge >= 0.3 is 0 Å². The minimum atomic E-state index is -0.706. The molecule has 1 aromatic carbocycles. The summed E-state index contributed by atoms with van der Waals surface area (Å²) in [6, 6.07) is 8.26. The molecule has 0 aliphatic rings. The van der Waals surface area contributed by atoms with Crippen LogP contribution in [0.5, 0.6) is 0 Å². The first-order valence-corrected chi connectivity index (χ1v) is 6.58. The van der Waals surface area contributed by atoms with E-state index in [4.69, 9.17) is 5.73 Å². The lowest BCUT2D eigenvalue weighted by atomic mass is 9.85. The van der Waals surface area contributed by atoms with Gasteiger partial charge in [0.2, 0.25) is 0 Å². The number of Topliss-reactive ketones (excluding diaryl/α,β-unsaturated/α-hetero) is 1. The lowest BCUT2D eigenvalue weighted by molar-refractivity contribution is -0.123. The number of hydrogen-bond donors (Lipinski definition) is 1. The molecule has 0 saturated carbocycles. The molecule has 1 unspecified atom stereocenters. The largest absolute Gasteiger partial charge is 0.319 e. The van der Waals surface area contributed by atoms with Crippen molar-refractivity contribution in [1.29, 1.82) is 0 Å². The standard InChI is InChI=1S/C16H25NO/c1-6-16(5,17)14(18)11-12-7-9-13(10-8-12)15(2,3)4/h7-10H,6,11,17H2,1-5H3. The van der Waals surface area contributed by atoms with Gasteiger partial charge in [0.05, 0.1) is 5.54 Å². The zero-order valence-corrected chi connectivity index (χ0v) is 12.2. The second-order valence-electron chi connectivity index (χ2n) is 6.32. The Morgan fingerprint density at radius 2 is 1.61 bits per heavy atom. The van der Waals surface area contributed by atoms with E-state index in [1.165, 1.54) is 5.56 Å². The third-order valence-corrected chi connectivity index (χ3v) is 3.56. The predicted octanol–water partition coefficient (Wildman–Crippen LogP) is 3.22. The quantitative estimate of drug-likeness (QED) is 0.887. The Morgan fingerprint density at radius 1 is 1.11 bits per heavy atom. The van der Waals surface area contributed by atoms with Crippen LogP contribution in [0.2, 0.25) is 0 Å². The van der Waals surface area contributed by atoms with Gasteiger partial charge in [0.15, 0.2) is 5.78 Å². The summed E-state index contributed by atoms with van der Waals surface area (Å²) in [5.41, 5.74) is 7.72. The number of ketones is 1. The minimum Gasteiger partial charge on any atom is -0.319 e. The zero-order chi connectivity index (χ0) is 14.0. The second kappa shape index (κ2) is 5.23. The Bertz CT molecular complexity index is 410. The highest BCUT2D eigenvalue weighted by atomic mass is 16.1. The fourth-order valence-electron chi connectivity index (χ4n) is 1.71. The summed E-state index contributed by atoms with van der Waals surface area (Å²) in [7, 11) is 0. The van der Waals surface area contributed by atoms with Gasteiger partial charge < -0.3 is 5.73 Å². The van der Waals surface area contributed by atoms with E-state index in [2.05, 4.69) is 32.9 Å². The molecular formula is C16H25NO. The topological polar surface area (TPSA) is 43.1 Å². The first-order chi connectivity index (χ1) is 8.16. The van der Waals surface area contributed by atoms with Crippen molar-refractivity contribution in [2.24, 2.45) is 5.73 Å². The SMILES string of the molecule is CCC(C)(N)C(=O)Cc1ccc(C(C)(C)C)cc1. The molecule has 0 aliphatic carbocycles. The molecule has 18 heavy (non-hydrogen) atoms. The average Bonchev–Trinajstić information content (AvgIpc) is 2.28. The highest BCUT2D eigenvalue weighted by molar-refractivity contribution is 5.89. The molecule has 100 valence electrons. The predicted molar refractivity (Wildman–Crippen MR) is 76.7 cm³/mol. The molecule has 0 saturated heterocycles. The van der Waals surface area contributed by atoms with E-state index in [-0.39, 0.29) is 11.2 Å². The van der Waals surface area contributed by atoms with Crippen LogP contribution in [-0.4, -0.2) is 11.3 Å². The van der Waals surface area contributed by atoms with Crippen molar-refractivity contribution in [3.63, 3.8) is 0 Å². The summed E-state index contributed by atoms with van der Waals surface area (Å²) in [4.78, 5) is 12.0. The first-order valence-electron chi connectivity index (χ1n) is 6.58. The highest BCUT2D eigenvalue weighted by Gasteiger charge is 2.25. The summed E-state index contributed by atoms with van der Waals surface area (Å²) in [6.07, 6.45) is 1.09. The molecule has 0 radical (unpaired) electrons. The Balaban J connectivity index is 2.79. The molecule has 2 N–H and O–H groups in total. The number of nitrogens with two attached hydrogens (primary N) is 1. The Hall–Kier alpha value is -1.15. The zero-order valence-electron chi connectivity index (χ0n) is 12.2. The van der Waals surface area contributed by atoms with E-state index < -0.39 is 5.54 Å². The smallest absolute Gasteiger partial charge is 0.156 e. The molecule has 0 spiro atoms. The molecular weight excluding hydrogens is 222 g/mol. The number of rotatable bonds is 4. The van der Waals surface area contributed by atoms with Crippen molar-refractivity contribution in [3.05, 3.63) is 35.4 Å². The van der Waals surface area contributed by atoms with Gasteiger partial charge in [-0.2, -0.15) is 0 Å². The van der Waals surface area contributed by atoms with Gasteiger partial charge in [-0.25, -0.2) is 0 Å². The summed E-state index contributed by atoms with van der Waals surface area (Å²) < 4.78 is 0. The van der Waals surface area contributed by atoms with Gasteiger partial charge in [-0.15, -0.1) is 0 Å². The maximum absolute atomic E-state index is 12.0. The van der Waals surface area contributed by atoms with Crippen molar-refractivity contribution in [2.45, 2.75) is 58.4 Å². The van der Waals surface area contributed by atoms with E-state index in [0.717, 1.165) is 5.56 Å². The molecule has 0 bridgehead atoms. The lowest BCUT2D eigenvalue weighted by Gasteiger charge is -2.22. The summed E-state index contributed by atoms with van der Waals surface area (Å²) in [5.74, 6) is 0.105. The van der Waals surface area contributed by atoms with E-state index in [9.17, 15) is 4.79 Å². The number of benzene rings is 1. The van der Waals surface area contributed by atoms with Crippen molar-refractivity contribution in [3.8, 4) is 0 Å². The molecule has 0 amide bonds. The van der Waals surface area contributed by atoms with Gasteiger partial charge in [0.25, 0.3) is 0 Å². The van der Waals surface area contributed by atoms with E-state index in [0.29, 0.717) is 12.8 Å². The van der Waals surface area contributed by atoms with Crippen LogP contribution in [0.4, 0.5) is 0 Å². The van der Waals surface area contributed by atoms with Crippen LogP contribution >= 0.6 is 0 Å². The molecule has 1 aromatic rings. The van der Waals surface area contributed by atoms with Crippen LogP contribution in [0.15, 0.2) is 24.3 Å². The summed E-state index contributed by atoms with van der Waals surface area (Å²) in [5, 5.41) is 0. The lowest BCUT2D eigenvalue weighted by Crippen LogP contribution is -2.45. The number of hydrogen-bond acceptors (Lipinski definition) is 2. The third kappa shape index (κ3) is 3.67. The normalized spacial score (nSPS) is 15.2. The number of carbonyl (C=O) groups excluding carboxylic acids is 1. The van der Waals surface area contributed by atoms with E-state index in [1.807, 2.05) is 19.1 Å².